The van der Waals surface area contributed by atoms with Crippen molar-refractivity contribution in [3.05, 3.63) is 99.9 Å². The summed E-state index contributed by atoms with van der Waals surface area (Å²) in [7, 11) is -0.655. The molecule has 3 aromatic carbocycles. The molecule has 0 aliphatic heterocycles. The lowest BCUT2D eigenvalue weighted by molar-refractivity contribution is 0.0691. The minimum atomic E-state index is -2.31. The second-order valence-electron chi connectivity index (χ2n) is 10.7. The SMILES string of the molecule is COc1ccc(-c2cccc(-c3nn(-c4nc(C(=O)O)cs4)c(CC4CC4)c3Cc3ccc([SH+](N)=O)c(F)c3)c2)cc1C. The maximum absolute atomic E-state index is 14.9. The minimum absolute atomic E-state index is 0.0145. The first-order chi connectivity index (χ1) is 20.7. The predicted octanol–water partition coefficient (Wildman–Crippen LogP) is 6.29. The van der Waals surface area contributed by atoms with Crippen molar-refractivity contribution in [2.75, 3.05) is 7.11 Å². The quantitative estimate of drug-likeness (QED) is 0.140. The number of hydrogen-bond acceptors (Lipinski definition) is 6. The number of aromatic nitrogens is 3. The third-order valence-electron chi connectivity index (χ3n) is 7.66. The second kappa shape index (κ2) is 11.8. The van der Waals surface area contributed by atoms with Crippen LogP contribution in [0.3, 0.4) is 0 Å². The summed E-state index contributed by atoms with van der Waals surface area (Å²) in [5, 5.41) is 22.0. The van der Waals surface area contributed by atoms with E-state index in [4.69, 9.17) is 15.0 Å². The Kier molecular flexibility index (Phi) is 7.95. The van der Waals surface area contributed by atoms with Gasteiger partial charge in [0, 0.05) is 22.9 Å². The smallest absolute Gasteiger partial charge is 0.355 e. The fraction of sp³-hybridized carbons (Fsp3) is 0.219. The number of methoxy groups -OCH3 is 1. The molecule has 5 aromatic rings. The number of hydrogen-bond donors (Lipinski definition) is 2. The third-order valence-corrected chi connectivity index (χ3v) is 9.31. The van der Waals surface area contributed by atoms with E-state index < -0.39 is 22.8 Å². The van der Waals surface area contributed by atoms with Gasteiger partial charge in [0.1, 0.15) is 5.75 Å². The number of halogens is 1. The maximum Gasteiger partial charge on any atom is 0.355 e. The van der Waals surface area contributed by atoms with Gasteiger partial charge >= 0.3 is 5.97 Å². The number of aromatic carboxylic acids is 1. The van der Waals surface area contributed by atoms with Crippen LogP contribution in [0.2, 0.25) is 0 Å². The normalized spacial score (nSPS) is 13.7. The number of benzene rings is 3. The Hall–Kier alpha value is -4.19. The zero-order chi connectivity index (χ0) is 30.2. The molecule has 11 heteroatoms. The first kappa shape index (κ1) is 28.9. The molecular formula is C32H30FN4O4S2+. The summed E-state index contributed by atoms with van der Waals surface area (Å²) < 4.78 is 33.8. The summed E-state index contributed by atoms with van der Waals surface area (Å²) in [5.41, 5.74) is 7.10. The number of thiazole rings is 1. The van der Waals surface area contributed by atoms with Gasteiger partial charge in [-0.2, -0.15) is 5.10 Å². The van der Waals surface area contributed by atoms with E-state index in [1.807, 2.05) is 37.3 Å². The molecule has 2 heterocycles. The molecule has 3 N–H and O–H groups in total. The van der Waals surface area contributed by atoms with Gasteiger partial charge in [0.05, 0.1) is 18.5 Å². The van der Waals surface area contributed by atoms with Gasteiger partial charge in [-0.3, -0.25) is 0 Å². The minimum Gasteiger partial charge on any atom is -0.496 e. The molecule has 43 heavy (non-hydrogen) atoms. The number of ether oxygens (including phenoxy) is 1. The van der Waals surface area contributed by atoms with Crippen LogP contribution in [0, 0.1) is 18.7 Å². The highest BCUT2D eigenvalue weighted by Gasteiger charge is 2.29. The molecule has 1 atom stereocenters. The molecule has 0 radical (unpaired) electrons. The van der Waals surface area contributed by atoms with E-state index in [0.29, 0.717) is 28.7 Å². The molecule has 2 aromatic heterocycles. The Morgan fingerprint density at radius 2 is 1.91 bits per heavy atom. The first-order valence-corrected chi connectivity index (χ1v) is 16.0. The number of carboxylic acids is 1. The van der Waals surface area contributed by atoms with E-state index >= 15 is 0 Å². The van der Waals surface area contributed by atoms with Gasteiger partial charge in [-0.05, 0) is 84.7 Å². The molecule has 0 spiro atoms. The Bertz CT molecular complexity index is 1880. The number of rotatable bonds is 10. The van der Waals surface area contributed by atoms with Gasteiger partial charge in [-0.25, -0.2) is 18.9 Å². The number of carbonyl (C=O) groups is 1. The van der Waals surface area contributed by atoms with Crippen LogP contribution in [-0.4, -0.2) is 33.0 Å². The maximum atomic E-state index is 14.9. The van der Waals surface area contributed by atoms with Crippen molar-refractivity contribution in [3.8, 4) is 33.3 Å². The lowest BCUT2D eigenvalue weighted by atomic mass is 9.95. The summed E-state index contributed by atoms with van der Waals surface area (Å²) in [4.78, 5) is 16.0. The van der Waals surface area contributed by atoms with Gasteiger partial charge in [0.2, 0.25) is 10.0 Å². The van der Waals surface area contributed by atoms with E-state index in [0.717, 1.165) is 58.5 Å². The van der Waals surface area contributed by atoms with Crippen molar-refractivity contribution >= 4 is 28.3 Å². The van der Waals surface area contributed by atoms with Crippen LogP contribution in [0.5, 0.6) is 5.75 Å². The largest absolute Gasteiger partial charge is 0.496 e. The molecule has 0 amide bonds. The molecule has 0 saturated heterocycles. The lowest BCUT2D eigenvalue weighted by Gasteiger charge is -2.11. The number of nitrogens with two attached hydrogens (primary N) is 1. The van der Waals surface area contributed by atoms with E-state index in [2.05, 4.69) is 17.1 Å². The second-order valence-corrected chi connectivity index (χ2v) is 12.7. The molecule has 1 aliphatic carbocycles. The summed E-state index contributed by atoms with van der Waals surface area (Å²) in [6, 6.07) is 18.7. The average molecular weight is 618 g/mol. The highest BCUT2D eigenvalue weighted by atomic mass is 32.2. The summed E-state index contributed by atoms with van der Waals surface area (Å²) >= 11 is 1.22. The summed E-state index contributed by atoms with van der Waals surface area (Å²) in [5.74, 6) is -0.418. The van der Waals surface area contributed by atoms with E-state index in [1.165, 1.54) is 28.8 Å². The molecule has 1 unspecified atom stereocenters. The van der Waals surface area contributed by atoms with Gasteiger partial charge in [0.25, 0.3) is 0 Å². The highest BCUT2D eigenvalue weighted by molar-refractivity contribution is 7.82. The van der Waals surface area contributed by atoms with Crippen molar-refractivity contribution in [1.82, 2.24) is 14.8 Å². The van der Waals surface area contributed by atoms with E-state index in [9.17, 15) is 18.5 Å². The topological polar surface area (TPSA) is 120 Å². The van der Waals surface area contributed by atoms with Crippen LogP contribution in [0.4, 0.5) is 4.39 Å². The van der Waals surface area contributed by atoms with Gasteiger partial charge < -0.3 is 9.84 Å². The van der Waals surface area contributed by atoms with Crippen LogP contribution in [0.1, 0.15) is 45.7 Å². The van der Waals surface area contributed by atoms with Gasteiger partial charge in [-0.15, -0.1) is 16.5 Å². The van der Waals surface area contributed by atoms with Crippen LogP contribution in [0.25, 0.3) is 27.5 Å². The van der Waals surface area contributed by atoms with Gasteiger partial charge in [0.15, 0.2) is 22.5 Å². The van der Waals surface area contributed by atoms with Crippen molar-refractivity contribution in [1.29, 1.82) is 0 Å². The van der Waals surface area contributed by atoms with Crippen LogP contribution < -0.4 is 9.88 Å². The molecule has 8 nitrogen and oxygen atoms in total. The van der Waals surface area contributed by atoms with Crippen LogP contribution in [-0.2, 0) is 28.0 Å². The van der Waals surface area contributed by atoms with E-state index in [1.54, 1.807) is 17.9 Å². The van der Waals surface area contributed by atoms with Crippen LogP contribution >= 0.6 is 11.3 Å². The lowest BCUT2D eigenvalue weighted by Crippen LogP contribution is -2.07. The third kappa shape index (κ3) is 6.01. The summed E-state index contributed by atoms with van der Waals surface area (Å²) in [6.45, 7) is 2.00. The monoisotopic (exact) mass is 617 g/mol. The van der Waals surface area contributed by atoms with Crippen molar-refractivity contribution in [2.45, 2.75) is 37.5 Å². The van der Waals surface area contributed by atoms with Crippen LogP contribution in [0.15, 0.2) is 70.9 Å². The number of nitrogens with zero attached hydrogens (tertiary/aromatic N) is 3. The number of carboxylic acid groups (broad SMARTS) is 1. The summed E-state index contributed by atoms with van der Waals surface area (Å²) in [6.07, 6.45) is 3.28. The number of thiol groups is 1. The molecule has 220 valence electrons. The molecule has 1 saturated carbocycles. The average Bonchev–Trinajstić information content (AvgIpc) is 3.54. The Morgan fingerprint density at radius 3 is 2.56 bits per heavy atom. The molecule has 0 bridgehead atoms. The fourth-order valence-electron chi connectivity index (χ4n) is 5.27. The number of aryl methyl sites for hydroxylation is 1. The van der Waals surface area contributed by atoms with Crippen molar-refractivity contribution in [2.24, 2.45) is 11.1 Å². The molecule has 6 rings (SSSR count). The van der Waals surface area contributed by atoms with Crippen molar-refractivity contribution in [3.63, 3.8) is 0 Å². The Balaban J connectivity index is 1.51. The Morgan fingerprint density at radius 1 is 1.14 bits per heavy atom. The molecule has 1 fully saturated rings. The Labute approximate surface area is 254 Å². The van der Waals surface area contributed by atoms with Gasteiger partial charge in [-0.1, -0.05) is 34.5 Å². The zero-order valence-electron chi connectivity index (χ0n) is 23.6. The standard InChI is InChI=1S/C32H29FN4O4S2/c1-18-12-22(9-10-28(18)41-2)21-4-3-5-23(16-21)30-24(13-20-8-11-29(43(34)40)25(33)14-20)27(15-19-6-7-19)37(36-30)32-35-26(17-42-32)31(38)39/h3-5,8-12,14,16-17,19H,6-7,13,15H2,1-2H3,(H2,34,40)(H,38,39)/p+1. The highest BCUT2D eigenvalue weighted by Crippen LogP contribution is 2.39. The zero-order valence-corrected chi connectivity index (χ0v) is 25.3. The van der Waals surface area contributed by atoms with E-state index in [-0.39, 0.29) is 10.6 Å². The fourth-order valence-corrected chi connectivity index (χ4v) is 6.54. The molecule has 1 aliphatic rings. The predicted molar refractivity (Wildman–Crippen MR) is 166 cm³/mol. The first-order valence-electron chi connectivity index (χ1n) is 13.8. The molecular weight excluding hydrogens is 588 g/mol. The van der Waals surface area contributed by atoms with Crippen molar-refractivity contribution < 1.29 is 23.2 Å².